The third kappa shape index (κ3) is 11.2. The van der Waals surface area contributed by atoms with Crippen LogP contribution in [0, 0.1) is 5.41 Å². The molecule has 0 aromatic rings. The van der Waals surface area contributed by atoms with Crippen molar-refractivity contribution in [3.05, 3.63) is 34.9 Å². The van der Waals surface area contributed by atoms with E-state index in [9.17, 15) is 29.0 Å². The summed E-state index contributed by atoms with van der Waals surface area (Å²) >= 11 is 0. The quantitative estimate of drug-likeness (QED) is 0.169. The Morgan fingerprint density at radius 3 is 1.93 bits per heavy atom. The first-order chi connectivity index (χ1) is 13.3. The standard InChI is InChI=1S/C21H35O7P/c1-6-28-20(24)21(19(22)23,15-29(25,26)27)14-13-18(5)12-8-11-17(4)10-7-9-16(2)3/h9,11,13H,6-8,10,12,14-15H2,1-5H3,(H,22,23)(H2,25,26,27)/b17-11+,18-13+. The van der Waals surface area contributed by atoms with E-state index in [1.807, 2.05) is 6.92 Å². The van der Waals surface area contributed by atoms with Crippen molar-refractivity contribution in [3.63, 3.8) is 0 Å². The van der Waals surface area contributed by atoms with Crippen LogP contribution in [-0.2, 0) is 18.9 Å². The maximum Gasteiger partial charge on any atom is 0.327 e. The maximum absolute atomic E-state index is 12.3. The zero-order valence-electron chi connectivity index (χ0n) is 18.1. The van der Waals surface area contributed by atoms with E-state index >= 15 is 0 Å². The fraction of sp³-hybridized carbons (Fsp3) is 0.619. The zero-order chi connectivity index (χ0) is 22.7. The lowest BCUT2D eigenvalue weighted by Crippen LogP contribution is -2.43. The largest absolute Gasteiger partial charge is 0.480 e. The predicted octanol–water partition coefficient (Wildman–Crippen LogP) is 4.61. The maximum atomic E-state index is 12.3. The second-order valence-corrected chi connectivity index (χ2v) is 9.24. The lowest BCUT2D eigenvalue weighted by atomic mass is 9.85. The number of rotatable bonds is 13. The molecular weight excluding hydrogens is 395 g/mol. The van der Waals surface area contributed by atoms with Gasteiger partial charge in [-0.25, -0.2) is 0 Å². The third-order valence-electron chi connectivity index (χ3n) is 4.47. The van der Waals surface area contributed by atoms with Gasteiger partial charge in [0.15, 0.2) is 5.41 Å². The Balaban J connectivity index is 5.18. The number of carbonyl (C=O) groups is 2. The molecule has 0 aromatic carbocycles. The molecule has 0 aromatic heterocycles. The van der Waals surface area contributed by atoms with E-state index in [1.165, 1.54) is 18.1 Å². The van der Waals surface area contributed by atoms with Crippen LogP contribution >= 0.6 is 7.60 Å². The van der Waals surface area contributed by atoms with Crippen LogP contribution < -0.4 is 0 Å². The molecule has 0 aliphatic rings. The van der Waals surface area contributed by atoms with Crippen molar-refractivity contribution in [1.29, 1.82) is 0 Å². The van der Waals surface area contributed by atoms with Crippen molar-refractivity contribution in [1.82, 2.24) is 0 Å². The first kappa shape index (κ1) is 27.3. The summed E-state index contributed by atoms with van der Waals surface area (Å²) in [6.45, 7) is 9.43. The van der Waals surface area contributed by atoms with Crippen LogP contribution in [0.2, 0.25) is 0 Å². The van der Waals surface area contributed by atoms with Gasteiger partial charge in [-0.1, -0.05) is 34.9 Å². The summed E-state index contributed by atoms with van der Waals surface area (Å²) in [6, 6.07) is 0. The lowest BCUT2D eigenvalue weighted by molar-refractivity contribution is -0.166. The smallest absolute Gasteiger partial charge is 0.327 e. The minimum atomic E-state index is -4.76. The highest BCUT2D eigenvalue weighted by atomic mass is 31.2. The Morgan fingerprint density at radius 2 is 1.48 bits per heavy atom. The van der Waals surface area contributed by atoms with Gasteiger partial charge in [-0.15, -0.1) is 0 Å². The van der Waals surface area contributed by atoms with Gasteiger partial charge in [0, 0.05) is 0 Å². The van der Waals surface area contributed by atoms with Crippen LogP contribution in [0.3, 0.4) is 0 Å². The molecule has 0 radical (unpaired) electrons. The molecule has 29 heavy (non-hydrogen) atoms. The summed E-state index contributed by atoms with van der Waals surface area (Å²) in [4.78, 5) is 42.6. The van der Waals surface area contributed by atoms with Gasteiger partial charge in [0.2, 0.25) is 0 Å². The number of carboxylic acids is 1. The normalized spacial score (nSPS) is 14.9. The molecule has 3 N–H and O–H groups in total. The number of aliphatic carboxylic acids is 1. The van der Waals surface area contributed by atoms with E-state index in [0.29, 0.717) is 6.42 Å². The summed E-state index contributed by atoms with van der Waals surface area (Å²) in [5.74, 6) is -2.73. The van der Waals surface area contributed by atoms with E-state index < -0.39 is 31.1 Å². The van der Waals surface area contributed by atoms with Crippen molar-refractivity contribution in [3.8, 4) is 0 Å². The summed E-state index contributed by atoms with van der Waals surface area (Å²) < 4.78 is 16.3. The number of allylic oxidation sites excluding steroid dienone is 6. The molecule has 0 fully saturated rings. The molecule has 166 valence electrons. The lowest BCUT2D eigenvalue weighted by Gasteiger charge is -2.26. The zero-order valence-corrected chi connectivity index (χ0v) is 19.0. The van der Waals surface area contributed by atoms with Gasteiger partial charge in [0.05, 0.1) is 12.8 Å². The molecule has 7 nitrogen and oxygen atoms in total. The van der Waals surface area contributed by atoms with E-state index in [4.69, 9.17) is 4.74 Å². The number of hydrogen-bond donors (Lipinski definition) is 3. The molecule has 0 aliphatic heterocycles. The highest BCUT2D eigenvalue weighted by Gasteiger charge is 2.51. The molecule has 1 atom stereocenters. The van der Waals surface area contributed by atoms with Crippen molar-refractivity contribution in [2.75, 3.05) is 12.8 Å². The summed E-state index contributed by atoms with van der Waals surface area (Å²) in [7, 11) is -4.76. The highest BCUT2D eigenvalue weighted by Crippen LogP contribution is 2.45. The minimum absolute atomic E-state index is 0.0749. The molecule has 0 rings (SSSR count). The van der Waals surface area contributed by atoms with Crippen LogP contribution in [0.15, 0.2) is 34.9 Å². The van der Waals surface area contributed by atoms with Crippen LogP contribution in [0.25, 0.3) is 0 Å². The molecule has 0 bridgehead atoms. The van der Waals surface area contributed by atoms with Crippen molar-refractivity contribution in [2.24, 2.45) is 5.41 Å². The molecule has 0 amide bonds. The monoisotopic (exact) mass is 430 g/mol. The Morgan fingerprint density at radius 1 is 0.966 bits per heavy atom. The van der Waals surface area contributed by atoms with E-state index in [0.717, 1.165) is 24.8 Å². The Bertz CT molecular complexity index is 696. The molecular formula is C21H35O7P. The van der Waals surface area contributed by atoms with Gasteiger partial charge < -0.3 is 19.6 Å². The van der Waals surface area contributed by atoms with Gasteiger partial charge in [0.25, 0.3) is 0 Å². The Labute approximate surface area is 173 Å². The summed E-state index contributed by atoms with van der Waals surface area (Å²) in [6.07, 6.45) is 7.83. The van der Waals surface area contributed by atoms with Crippen LogP contribution in [-0.4, -0.2) is 39.6 Å². The molecule has 0 spiro atoms. The van der Waals surface area contributed by atoms with E-state index in [2.05, 4.69) is 32.9 Å². The third-order valence-corrected chi connectivity index (χ3v) is 5.42. The fourth-order valence-corrected chi connectivity index (χ4v) is 3.86. The molecule has 0 saturated heterocycles. The number of ether oxygens (including phenoxy) is 1. The van der Waals surface area contributed by atoms with Crippen molar-refractivity contribution >= 4 is 19.5 Å². The highest BCUT2D eigenvalue weighted by molar-refractivity contribution is 7.51. The van der Waals surface area contributed by atoms with Gasteiger partial charge in [-0.2, -0.15) is 0 Å². The first-order valence-corrected chi connectivity index (χ1v) is 11.5. The van der Waals surface area contributed by atoms with E-state index in [-0.39, 0.29) is 13.0 Å². The molecule has 8 heteroatoms. The Kier molecular flexibility index (Phi) is 12.0. The van der Waals surface area contributed by atoms with Crippen LogP contribution in [0.5, 0.6) is 0 Å². The van der Waals surface area contributed by atoms with E-state index in [1.54, 1.807) is 6.08 Å². The first-order valence-electron chi connectivity index (χ1n) is 9.74. The number of carbonyl (C=O) groups excluding carboxylic acids is 1. The Hall–Kier alpha value is -1.69. The second-order valence-electron chi connectivity index (χ2n) is 7.59. The van der Waals surface area contributed by atoms with Crippen LogP contribution in [0.4, 0.5) is 0 Å². The molecule has 1 unspecified atom stereocenters. The van der Waals surface area contributed by atoms with Gasteiger partial charge in [0.1, 0.15) is 0 Å². The SMILES string of the molecule is CCOC(=O)C(C/C=C(\C)CC/C=C(\C)CCC=C(C)C)(CP(=O)(O)O)C(=O)O. The van der Waals surface area contributed by atoms with Crippen molar-refractivity contribution < 1.29 is 33.8 Å². The topological polar surface area (TPSA) is 121 Å². The van der Waals surface area contributed by atoms with Crippen molar-refractivity contribution in [2.45, 2.75) is 66.7 Å². The van der Waals surface area contributed by atoms with Gasteiger partial charge in [-0.3, -0.25) is 14.2 Å². The van der Waals surface area contributed by atoms with Crippen LogP contribution in [0.1, 0.15) is 66.7 Å². The average molecular weight is 430 g/mol. The molecule has 0 aliphatic carbocycles. The second kappa shape index (κ2) is 12.8. The number of hydrogen-bond acceptors (Lipinski definition) is 4. The molecule has 0 heterocycles. The average Bonchev–Trinajstić information content (AvgIpc) is 2.57. The van der Waals surface area contributed by atoms with Gasteiger partial charge >= 0.3 is 19.5 Å². The number of carboxylic acid groups (broad SMARTS) is 1. The van der Waals surface area contributed by atoms with Gasteiger partial charge in [-0.05, 0) is 66.7 Å². The minimum Gasteiger partial charge on any atom is -0.480 e. The summed E-state index contributed by atoms with van der Waals surface area (Å²) in [5, 5.41) is 9.58. The molecule has 0 saturated carbocycles. The summed E-state index contributed by atoms with van der Waals surface area (Å²) in [5.41, 5.74) is 1.10. The number of esters is 1. The fourth-order valence-electron chi connectivity index (χ4n) is 2.76. The predicted molar refractivity (Wildman–Crippen MR) is 114 cm³/mol.